The molecule has 6 aromatic rings. The molecule has 0 atom stereocenters. The lowest BCUT2D eigenvalue weighted by molar-refractivity contribution is 0.0923. The molecule has 3 heterocycles. The molecule has 0 aliphatic rings. The van der Waals surface area contributed by atoms with Crippen LogP contribution in [0.15, 0.2) is 107 Å². The number of hydrogen-bond donors (Lipinski definition) is 1. The van der Waals surface area contributed by atoms with Gasteiger partial charge in [0.1, 0.15) is 18.1 Å². The summed E-state index contributed by atoms with van der Waals surface area (Å²) in [6, 6.07) is 31.4. The minimum atomic E-state index is -0.438. The maximum absolute atomic E-state index is 12.8. The fourth-order valence-corrected chi connectivity index (χ4v) is 5.43. The smallest absolute Gasteiger partial charge is 0.307 e. The maximum atomic E-state index is 12.8. The number of fused-ring (bicyclic) bond motifs is 1. The second kappa shape index (κ2) is 12.1. The van der Waals surface area contributed by atoms with E-state index < -0.39 is 5.91 Å². The van der Waals surface area contributed by atoms with Gasteiger partial charge in [-0.2, -0.15) is 5.10 Å². The number of halogens is 1. The van der Waals surface area contributed by atoms with Gasteiger partial charge in [0.05, 0.1) is 6.21 Å². The van der Waals surface area contributed by atoms with Crippen LogP contribution in [-0.2, 0) is 13.2 Å². The Hall–Kier alpha value is -5.01. The quantitative estimate of drug-likeness (QED) is 0.137. The van der Waals surface area contributed by atoms with Gasteiger partial charge in [0.25, 0.3) is 0 Å². The van der Waals surface area contributed by atoms with Crippen LogP contribution < -0.4 is 10.2 Å². The number of benzene rings is 3. The lowest BCUT2D eigenvalue weighted by Crippen LogP contribution is -2.16. The van der Waals surface area contributed by atoms with Crippen molar-refractivity contribution in [2.45, 2.75) is 33.9 Å². The minimum absolute atomic E-state index is 0.159. The van der Waals surface area contributed by atoms with Crippen LogP contribution in [0.4, 0.5) is 0 Å². The van der Waals surface area contributed by atoms with E-state index in [0.29, 0.717) is 23.1 Å². The summed E-state index contributed by atoms with van der Waals surface area (Å²) in [5.74, 6) is 0.971. The van der Waals surface area contributed by atoms with E-state index in [-0.39, 0.29) is 12.4 Å². The molecule has 1 amide bonds. The molecule has 43 heavy (non-hydrogen) atoms. The van der Waals surface area contributed by atoms with Crippen molar-refractivity contribution in [2.75, 3.05) is 0 Å². The highest BCUT2D eigenvalue weighted by atomic mass is 35.5. The summed E-state index contributed by atoms with van der Waals surface area (Å²) in [6.07, 6.45) is 1.68. The first-order valence-corrected chi connectivity index (χ1v) is 14.4. The van der Waals surface area contributed by atoms with E-state index in [1.165, 1.54) is 11.4 Å². The fourth-order valence-electron chi connectivity index (χ4n) is 5.31. The summed E-state index contributed by atoms with van der Waals surface area (Å²) in [5.41, 5.74) is 10.2. The highest BCUT2D eigenvalue weighted by Crippen LogP contribution is 2.26. The number of ether oxygens (including phenoxy) is 1. The molecule has 7 nitrogen and oxygen atoms in total. The zero-order chi connectivity index (χ0) is 29.9. The molecule has 0 saturated carbocycles. The number of aromatic nitrogens is 2. The Morgan fingerprint density at radius 2 is 1.63 bits per heavy atom. The SMILES string of the molecule is Cc1ccc(C)n1-c1ccc(OCc2ccc(C(=O)N/N=C/c3c(C)n(Cc4ccc(Cl)cc4)c4ccccc34)o2)cc1. The van der Waals surface area contributed by atoms with Crippen LogP contribution in [0.25, 0.3) is 16.6 Å². The molecular formula is C35H31ClN4O3. The van der Waals surface area contributed by atoms with Gasteiger partial charge < -0.3 is 18.3 Å². The number of aryl methyl sites for hydroxylation is 2. The summed E-state index contributed by atoms with van der Waals surface area (Å²) in [5, 5.41) is 6.02. The second-order valence-electron chi connectivity index (χ2n) is 10.4. The Morgan fingerprint density at radius 1 is 0.907 bits per heavy atom. The third-order valence-corrected chi connectivity index (χ3v) is 7.78. The molecule has 0 spiro atoms. The van der Waals surface area contributed by atoms with E-state index in [4.69, 9.17) is 20.8 Å². The Morgan fingerprint density at radius 3 is 2.37 bits per heavy atom. The molecule has 0 fully saturated rings. The van der Waals surface area contributed by atoms with Crippen LogP contribution in [-0.4, -0.2) is 21.3 Å². The zero-order valence-electron chi connectivity index (χ0n) is 24.2. The molecule has 3 aromatic carbocycles. The topological polar surface area (TPSA) is 73.7 Å². The van der Waals surface area contributed by atoms with Crippen LogP contribution in [0.3, 0.4) is 0 Å². The monoisotopic (exact) mass is 590 g/mol. The number of nitrogens with zero attached hydrogens (tertiary/aromatic N) is 3. The summed E-state index contributed by atoms with van der Waals surface area (Å²) in [6.45, 7) is 7.10. The Kier molecular flexibility index (Phi) is 7.90. The molecular weight excluding hydrogens is 560 g/mol. The second-order valence-corrected chi connectivity index (χ2v) is 10.9. The van der Waals surface area contributed by atoms with Crippen molar-refractivity contribution in [1.82, 2.24) is 14.6 Å². The normalized spacial score (nSPS) is 11.4. The largest absolute Gasteiger partial charge is 0.486 e. The Balaban J connectivity index is 1.09. The minimum Gasteiger partial charge on any atom is -0.486 e. The van der Waals surface area contributed by atoms with Gasteiger partial charge in [-0.15, -0.1) is 0 Å². The van der Waals surface area contributed by atoms with E-state index in [1.807, 2.05) is 67.6 Å². The molecule has 6 rings (SSSR count). The highest BCUT2D eigenvalue weighted by Gasteiger charge is 2.14. The van der Waals surface area contributed by atoms with Gasteiger partial charge in [0, 0.05) is 50.8 Å². The van der Waals surface area contributed by atoms with Gasteiger partial charge in [-0.25, -0.2) is 5.43 Å². The molecule has 0 aliphatic carbocycles. The number of carbonyl (C=O) groups excluding carboxylic acids is 1. The standard InChI is InChI=1S/C35H31ClN4O3/c1-23-8-9-24(2)40(23)28-14-16-29(17-15-28)42-22-30-18-19-34(43-30)35(41)38-37-20-32-25(3)39(33-7-5-4-6-31(32)33)21-26-10-12-27(36)13-11-26/h4-20H,21-22H2,1-3H3,(H,38,41)/b37-20+. The lowest BCUT2D eigenvalue weighted by Gasteiger charge is -2.10. The van der Waals surface area contributed by atoms with Crippen LogP contribution in [0, 0.1) is 20.8 Å². The number of hydrogen-bond acceptors (Lipinski definition) is 4. The summed E-state index contributed by atoms with van der Waals surface area (Å²) < 4.78 is 16.0. The number of furan rings is 1. The van der Waals surface area contributed by atoms with E-state index in [0.717, 1.165) is 33.4 Å². The van der Waals surface area contributed by atoms with Crippen LogP contribution >= 0.6 is 11.6 Å². The van der Waals surface area contributed by atoms with Gasteiger partial charge >= 0.3 is 5.91 Å². The first-order chi connectivity index (χ1) is 20.9. The van der Waals surface area contributed by atoms with Gasteiger partial charge in [-0.05, 0) is 93.1 Å². The summed E-state index contributed by atoms with van der Waals surface area (Å²) >= 11 is 6.07. The van der Waals surface area contributed by atoms with Crippen LogP contribution in [0.2, 0.25) is 5.02 Å². The van der Waals surface area contributed by atoms with Crippen molar-refractivity contribution in [1.29, 1.82) is 0 Å². The molecule has 0 unspecified atom stereocenters. The van der Waals surface area contributed by atoms with E-state index >= 15 is 0 Å². The fraction of sp³-hybridized carbons (Fsp3) is 0.143. The molecule has 8 heteroatoms. The first-order valence-electron chi connectivity index (χ1n) is 14.0. The average Bonchev–Trinajstić information content (AvgIpc) is 3.70. The van der Waals surface area contributed by atoms with Crippen molar-refractivity contribution in [2.24, 2.45) is 5.10 Å². The number of carbonyl (C=O) groups is 1. The first kappa shape index (κ1) is 28.1. The van der Waals surface area contributed by atoms with Gasteiger partial charge in [0.2, 0.25) is 0 Å². The van der Waals surface area contributed by atoms with Crippen molar-refractivity contribution < 1.29 is 13.9 Å². The van der Waals surface area contributed by atoms with Gasteiger partial charge in [-0.3, -0.25) is 4.79 Å². The van der Waals surface area contributed by atoms with Crippen molar-refractivity contribution in [3.63, 3.8) is 0 Å². The van der Waals surface area contributed by atoms with Crippen molar-refractivity contribution in [3.05, 3.63) is 142 Å². The number of para-hydroxylation sites is 1. The molecule has 1 N–H and O–H groups in total. The molecule has 0 saturated heterocycles. The molecule has 3 aromatic heterocycles. The number of amides is 1. The van der Waals surface area contributed by atoms with Crippen LogP contribution in [0.5, 0.6) is 5.75 Å². The van der Waals surface area contributed by atoms with E-state index in [2.05, 4.69) is 57.8 Å². The third kappa shape index (κ3) is 5.98. The molecule has 0 bridgehead atoms. The predicted molar refractivity (Wildman–Crippen MR) is 171 cm³/mol. The summed E-state index contributed by atoms with van der Waals surface area (Å²) in [4.78, 5) is 12.8. The number of hydrazone groups is 1. The maximum Gasteiger partial charge on any atom is 0.307 e. The molecule has 0 radical (unpaired) electrons. The van der Waals surface area contributed by atoms with Gasteiger partial charge in [-0.1, -0.05) is 41.9 Å². The summed E-state index contributed by atoms with van der Waals surface area (Å²) in [7, 11) is 0. The van der Waals surface area contributed by atoms with Crippen molar-refractivity contribution in [3.8, 4) is 11.4 Å². The Labute approximate surface area is 255 Å². The third-order valence-electron chi connectivity index (χ3n) is 7.53. The Bertz CT molecular complexity index is 1910. The van der Waals surface area contributed by atoms with Crippen molar-refractivity contribution >= 4 is 34.6 Å². The number of rotatable bonds is 9. The predicted octanol–water partition coefficient (Wildman–Crippen LogP) is 7.99. The molecule has 216 valence electrons. The number of nitrogens with one attached hydrogen (secondary N) is 1. The zero-order valence-corrected chi connectivity index (χ0v) is 24.9. The van der Waals surface area contributed by atoms with Crippen LogP contribution in [0.1, 0.15) is 44.5 Å². The highest BCUT2D eigenvalue weighted by molar-refractivity contribution is 6.30. The average molecular weight is 591 g/mol. The lowest BCUT2D eigenvalue weighted by atomic mass is 10.1. The van der Waals surface area contributed by atoms with E-state index in [1.54, 1.807) is 18.3 Å². The van der Waals surface area contributed by atoms with Gasteiger partial charge in [0.15, 0.2) is 5.76 Å². The molecule has 0 aliphatic heterocycles. The van der Waals surface area contributed by atoms with E-state index in [9.17, 15) is 4.79 Å².